The summed E-state index contributed by atoms with van der Waals surface area (Å²) in [4.78, 5) is 27.2. The number of carbonyl (C=O) groups is 2. The average Bonchev–Trinajstić information content (AvgIpc) is 2.50. The van der Waals surface area contributed by atoms with Crippen LogP contribution < -0.4 is 5.32 Å². The Bertz CT molecular complexity index is 672. The van der Waals surface area contributed by atoms with Gasteiger partial charge in [-0.15, -0.1) is 0 Å². The van der Waals surface area contributed by atoms with Gasteiger partial charge in [-0.3, -0.25) is 9.78 Å². The Morgan fingerprint density at radius 1 is 1.18 bits per heavy atom. The number of pyridine rings is 1. The van der Waals surface area contributed by atoms with Crippen LogP contribution in [0.5, 0.6) is 0 Å². The second kappa shape index (κ2) is 7.24. The zero-order chi connectivity index (χ0) is 16.1. The van der Waals surface area contributed by atoms with E-state index in [-0.39, 0.29) is 12.0 Å². The summed E-state index contributed by atoms with van der Waals surface area (Å²) >= 11 is 12.1. The first-order valence-electron chi connectivity index (χ1n) is 6.35. The van der Waals surface area contributed by atoms with Gasteiger partial charge in [0.2, 0.25) is 0 Å². The highest BCUT2D eigenvalue weighted by molar-refractivity contribution is 6.36. The number of carbonyl (C=O) groups excluding carboxylic acids is 1. The molecule has 7 heteroatoms. The monoisotopic (exact) mass is 338 g/mol. The van der Waals surface area contributed by atoms with Crippen molar-refractivity contribution in [1.29, 1.82) is 0 Å². The molecule has 22 heavy (non-hydrogen) atoms. The number of nitrogens with zero attached hydrogens (tertiary/aromatic N) is 1. The number of carboxylic acid groups (broad SMARTS) is 1. The number of benzene rings is 1. The predicted molar refractivity (Wildman–Crippen MR) is 83.3 cm³/mol. The summed E-state index contributed by atoms with van der Waals surface area (Å²) in [5, 5.41) is 12.4. The Labute approximate surface area is 136 Å². The molecule has 1 heterocycles. The summed E-state index contributed by atoms with van der Waals surface area (Å²) in [7, 11) is 0. The number of carboxylic acids is 1. The molecule has 2 rings (SSSR count). The lowest BCUT2D eigenvalue weighted by molar-refractivity contribution is -0.139. The fraction of sp³-hybridized carbons (Fsp3) is 0.133. The first kappa shape index (κ1) is 16.3. The van der Waals surface area contributed by atoms with E-state index in [0.717, 1.165) is 0 Å². The van der Waals surface area contributed by atoms with E-state index in [1.165, 1.54) is 12.4 Å². The van der Waals surface area contributed by atoms with Crippen LogP contribution >= 0.6 is 23.2 Å². The highest BCUT2D eigenvalue weighted by Crippen LogP contribution is 2.25. The molecule has 0 unspecified atom stereocenters. The van der Waals surface area contributed by atoms with Gasteiger partial charge in [0.1, 0.15) is 6.04 Å². The maximum absolute atomic E-state index is 12.0. The molecule has 0 radical (unpaired) electrons. The highest BCUT2D eigenvalue weighted by Gasteiger charge is 2.23. The first-order valence-corrected chi connectivity index (χ1v) is 7.11. The molecule has 5 nitrogen and oxygen atoms in total. The molecule has 0 fully saturated rings. The maximum atomic E-state index is 12.0. The molecule has 1 aromatic heterocycles. The molecule has 0 aliphatic heterocycles. The van der Waals surface area contributed by atoms with Crippen LogP contribution in [0.15, 0.2) is 42.7 Å². The number of aliphatic carboxylic acids is 1. The zero-order valence-electron chi connectivity index (χ0n) is 11.3. The number of halogens is 2. The molecule has 1 amide bonds. The first-order chi connectivity index (χ1) is 10.5. The number of rotatable bonds is 5. The smallest absolute Gasteiger partial charge is 0.326 e. The van der Waals surface area contributed by atoms with Gasteiger partial charge in [0.25, 0.3) is 5.91 Å². The Morgan fingerprint density at radius 3 is 2.41 bits per heavy atom. The summed E-state index contributed by atoms with van der Waals surface area (Å²) in [5.41, 5.74) is 0.753. The normalized spacial score (nSPS) is 11.7. The van der Waals surface area contributed by atoms with Gasteiger partial charge in [-0.1, -0.05) is 29.3 Å². The largest absolute Gasteiger partial charge is 0.480 e. The van der Waals surface area contributed by atoms with Crippen molar-refractivity contribution >= 4 is 35.1 Å². The van der Waals surface area contributed by atoms with Crippen LogP contribution in [0.3, 0.4) is 0 Å². The van der Waals surface area contributed by atoms with E-state index in [1.807, 2.05) is 0 Å². The minimum Gasteiger partial charge on any atom is -0.480 e. The number of hydrogen-bond donors (Lipinski definition) is 2. The topological polar surface area (TPSA) is 79.3 Å². The third-order valence-corrected chi connectivity index (χ3v) is 3.71. The summed E-state index contributed by atoms with van der Waals surface area (Å²) in [6.07, 6.45) is 2.87. The number of amides is 1. The van der Waals surface area contributed by atoms with E-state index >= 15 is 0 Å². The van der Waals surface area contributed by atoms with Gasteiger partial charge in [-0.05, 0) is 29.8 Å². The van der Waals surface area contributed by atoms with Crippen molar-refractivity contribution in [1.82, 2.24) is 10.3 Å². The molecule has 0 spiro atoms. The lowest BCUT2D eigenvalue weighted by Crippen LogP contribution is -2.42. The Balaban J connectivity index is 2.18. The van der Waals surface area contributed by atoms with Crippen LogP contribution in [-0.4, -0.2) is 28.0 Å². The number of nitrogens with one attached hydrogen (secondary N) is 1. The van der Waals surface area contributed by atoms with E-state index in [4.69, 9.17) is 23.2 Å². The van der Waals surface area contributed by atoms with Crippen molar-refractivity contribution in [2.24, 2.45) is 0 Å². The Morgan fingerprint density at radius 2 is 1.86 bits per heavy atom. The minimum absolute atomic E-state index is 0.0140. The minimum atomic E-state index is -1.17. The van der Waals surface area contributed by atoms with E-state index in [2.05, 4.69) is 10.3 Å². The lowest BCUT2D eigenvalue weighted by atomic mass is 10.1. The van der Waals surface area contributed by atoms with Crippen LogP contribution in [0, 0.1) is 0 Å². The predicted octanol–water partition coefficient (Wildman–Crippen LogP) is 2.81. The maximum Gasteiger partial charge on any atom is 0.326 e. The van der Waals surface area contributed by atoms with Crippen molar-refractivity contribution in [2.75, 3.05) is 0 Å². The number of hydrogen-bond acceptors (Lipinski definition) is 3. The molecule has 1 atom stereocenters. The Hall–Kier alpha value is -2.11. The van der Waals surface area contributed by atoms with Crippen molar-refractivity contribution in [2.45, 2.75) is 12.5 Å². The van der Waals surface area contributed by atoms with Crippen molar-refractivity contribution < 1.29 is 14.7 Å². The van der Waals surface area contributed by atoms with Gasteiger partial charge in [-0.25, -0.2) is 4.79 Å². The fourth-order valence-corrected chi connectivity index (χ4v) is 2.42. The molecule has 114 valence electrons. The van der Waals surface area contributed by atoms with Gasteiger partial charge in [0, 0.05) is 28.9 Å². The standard InChI is InChI=1S/C15H12Cl2N2O3/c16-11-4-1-5-12(17)10(11)7-13(15(21)22)19-14(20)9-3-2-6-18-8-9/h1-6,8,13H,7H2,(H,19,20)(H,21,22)/t13-/m1/s1. The van der Waals surface area contributed by atoms with Crippen molar-refractivity contribution in [3.05, 3.63) is 63.9 Å². The molecule has 1 aromatic carbocycles. The molecule has 0 saturated heterocycles. The molecule has 0 saturated carbocycles. The van der Waals surface area contributed by atoms with Crippen molar-refractivity contribution in [3.8, 4) is 0 Å². The molecular formula is C15H12Cl2N2O3. The summed E-state index contributed by atoms with van der Waals surface area (Å²) in [5.74, 6) is -1.70. The van der Waals surface area contributed by atoms with Crippen LogP contribution in [0.2, 0.25) is 10.0 Å². The van der Waals surface area contributed by atoms with Gasteiger partial charge in [0.05, 0.1) is 5.56 Å². The van der Waals surface area contributed by atoms with Crippen LogP contribution in [0.1, 0.15) is 15.9 Å². The van der Waals surface area contributed by atoms with E-state index in [0.29, 0.717) is 15.6 Å². The van der Waals surface area contributed by atoms with Crippen LogP contribution in [0.4, 0.5) is 0 Å². The molecule has 2 aromatic rings. The number of aromatic nitrogens is 1. The van der Waals surface area contributed by atoms with Crippen LogP contribution in [-0.2, 0) is 11.2 Å². The summed E-state index contributed by atoms with van der Waals surface area (Å²) in [6, 6.07) is 6.89. The van der Waals surface area contributed by atoms with Gasteiger partial charge >= 0.3 is 5.97 Å². The van der Waals surface area contributed by atoms with Gasteiger partial charge in [-0.2, -0.15) is 0 Å². The quantitative estimate of drug-likeness (QED) is 0.878. The molecule has 2 N–H and O–H groups in total. The van der Waals surface area contributed by atoms with Gasteiger partial charge in [0.15, 0.2) is 0 Å². The highest BCUT2D eigenvalue weighted by atomic mass is 35.5. The lowest BCUT2D eigenvalue weighted by Gasteiger charge is -2.16. The van der Waals surface area contributed by atoms with E-state index in [1.54, 1.807) is 30.3 Å². The third-order valence-electron chi connectivity index (χ3n) is 3.00. The van der Waals surface area contributed by atoms with Crippen molar-refractivity contribution in [3.63, 3.8) is 0 Å². The zero-order valence-corrected chi connectivity index (χ0v) is 12.8. The molecule has 0 bridgehead atoms. The third kappa shape index (κ3) is 3.96. The second-order valence-electron chi connectivity index (χ2n) is 4.51. The molecule has 0 aliphatic rings. The summed E-state index contributed by atoms with van der Waals surface area (Å²) < 4.78 is 0. The van der Waals surface area contributed by atoms with E-state index in [9.17, 15) is 14.7 Å². The molecule has 0 aliphatic carbocycles. The van der Waals surface area contributed by atoms with Crippen LogP contribution in [0.25, 0.3) is 0 Å². The fourth-order valence-electron chi connectivity index (χ4n) is 1.87. The van der Waals surface area contributed by atoms with Gasteiger partial charge < -0.3 is 10.4 Å². The average molecular weight is 339 g/mol. The van der Waals surface area contributed by atoms with E-state index < -0.39 is 17.9 Å². The summed E-state index contributed by atoms with van der Waals surface area (Å²) in [6.45, 7) is 0. The molecular weight excluding hydrogens is 327 g/mol. The second-order valence-corrected chi connectivity index (χ2v) is 5.32. The SMILES string of the molecule is O=C(N[C@H](Cc1c(Cl)cccc1Cl)C(=O)O)c1cccnc1. The Kier molecular flexibility index (Phi) is 5.35.